The molecule has 0 unspecified atom stereocenters. The van der Waals surface area contributed by atoms with Gasteiger partial charge >= 0.3 is 0 Å². The quantitative estimate of drug-likeness (QED) is 0.741. The Morgan fingerprint density at radius 3 is 2.55 bits per heavy atom. The minimum Gasteiger partial charge on any atom is -0.493 e. The maximum atomic E-state index is 6.27. The molecule has 0 aliphatic carbocycles. The number of halogens is 1. The van der Waals surface area contributed by atoms with E-state index in [4.69, 9.17) is 25.8 Å². The van der Waals surface area contributed by atoms with Crippen LogP contribution in [0.15, 0.2) is 12.1 Å². The van der Waals surface area contributed by atoms with Gasteiger partial charge in [0.15, 0.2) is 11.5 Å². The zero-order chi connectivity index (χ0) is 15.8. The lowest BCUT2D eigenvalue weighted by molar-refractivity contribution is 0.0374. The third-order valence-electron chi connectivity index (χ3n) is 3.80. The summed E-state index contributed by atoms with van der Waals surface area (Å²) >= 11 is 6.27. The molecule has 5 nitrogen and oxygen atoms in total. The van der Waals surface area contributed by atoms with Crippen molar-refractivity contribution in [2.45, 2.75) is 13.0 Å². The molecule has 1 aliphatic heterocycles. The first-order valence-corrected chi connectivity index (χ1v) is 8.03. The molecular weight excluding hydrogens is 304 g/mol. The molecule has 1 aromatic rings. The van der Waals surface area contributed by atoms with Crippen LogP contribution < -0.4 is 14.8 Å². The maximum absolute atomic E-state index is 6.27. The molecule has 2 rings (SSSR count). The van der Waals surface area contributed by atoms with Gasteiger partial charge in [-0.2, -0.15) is 0 Å². The number of hydrogen-bond acceptors (Lipinski definition) is 5. The molecule has 1 aromatic carbocycles. The minimum absolute atomic E-state index is 0.656. The van der Waals surface area contributed by atoms with Gasteiger partial charge in [0.05, 0.1) is 27.4 Å². The first-order chi connectivity index (χ1) is 10.7. The van der Waals surface area contributed by atoms with Gasteiger partial charge in [-0.3, -0.25) is 4.90 Å². The van der Waals surface area contributed by atoms with Gasteiger partial charge in [0.1, 0.15) is 0 Å². The summed E-state index contributed by atoms with van der Waals surface area (Å²) in [5, 5.41) is 4.13. The van der Waals surface area contributed by atoms with Crippen molar-refractivity contribution in [1.29, 1.82) is 0 Å². The smallest absolute Gasteiger partial charge is 0.162 e. The normalized spacial score (nSPS) is 15.8. The van der Waals surface area contributed by atoms with Gasteiger partial charge in [-0.25, -0.2) is 0 Å². The average Bonchev–Trinajstić information content (AvgIpc) is 2.56. The second kappa shape index (κ2) is 9.20. The summed E-state index contributed by atoms with van der Waals surface area (Å²) in [6.07, 6.45) is 1.12. The summed E-state index contributed by atoms with van der Waals surface area (Å²) in [5.41, 5.74) is 1.02. The van der Waals surface area contributed by atoms with E-state index < -0.39 is 0 Å². The highest BCUT2D eigenvalue weighted by Crippen LogP contribution is 2.32. The highest BCUT2D eigenvalue weighted by Gasteiger charge is 2.11. The summed E-state index contributed by atoms with van der Waals surface area (Å²) in [6.45, 7) is 6.59. The second-order valence-electron chi connectivity index (χ2n) is 5.28. The zero-order valence-corrected chi connectivity index (χ0v) is 14.1. The molecule has 0 spiro atoms. The van der Waals surface area contributed by atoms with E-state index in [9.17, 15) is 0 Å². The van der Waals surface area contributed by atoms with E-state index in [1.165, 1.54) is 0 Å². The lowest BCUT2D eigenvalue weighted by Crippen LogP contribution is -2.37. The number of hydrogen-bond donors (Lipinski definition) is 1. The molecule has 1 N–H and O–H groups in total. The Kier molecular flexibility index (Phi) is 7.25. The monoisotopic (exact) mass is 328 g/mol. The Hall–Kier alpha value is -1.01. The molecule has 1 aliphatic rings. The van der Waals surface area contributed by atoms with Crippen LogP contribution in [0.25, 0.3) is 0 Å². The number of morpholine rings is 1. The number of nitrogens with one attached hydrogen (secondary N) is 1. The van der Waals surface area contributed by atoms with Crippen LogP contribution in [0.3, 0.4) is 0 Å². The molecule has 0 saturated carbocycles. The highest BCUT2D eigenvalue weighted by atomic mass is 35.5. The van der Waals surface area contributed by atoms with Crippen LogP contribution in [0.4, 0.5) is 0 Å². The van der Waals surface area contributed by atoms with Crippen LogP contribution >= 0.6 is 11.6 Å². The van der Waals surface area contributed by atoms with E-state index in [-0.39, 0.29) is 0 Å². The lowest BCUT2D eigenvalue weighted by atomic mass is 10.2. The van der Waals surface area contributed by atoms with Crippen molar-refractivity contribution in [2.75, 3.05) is 53.6 Å². The average molecular weight is 329 g/mol. The highest BCUT2D eigenvalue weighted by molar-refractivity contribution is 6.31. The first-order valence-electron chi connectivity index (χ1n) is 7.66. The predicted molar refractivity (Wildman–Crippen MR) is 88.1 cm³/mol. The summed E-state index contributed by atoms with van der Waals surface area (Å²) in [6, 6.07) is 3.72. The van der Waals surface area contributed by atoms with Crippen LogP contribution in [0.2, 0.25) is 5.02 Å². The number of rotatable bonds is 8. The van der Waals surface area contributed by atoms with Crippen LogP contribution in [-0.4, -0.2) is 58.5 Å². The predicted octanol–water partition coefficient (Wildman–Crippen LogP) is 2.17. The maximum Gasteiger partial charge on any atom is 0.162 e. The Morgan fingerprint density at radius 2 is 1.86 bits per heavy atom. The van der Waals surface area contributed by atoms with E-state index in [0.29, 0.717) is 16.5 Å². The van der Waals surface area contributed by atoms with E-state index >= 15 is 0 Å². The van der Waals surface area contributed by atoms with E-state index in [1.54, 1.807) is 20.3 Å². The lowest BCUT2D eigenvalue weighted by Gasteiger charge is -2.26. The third kappa shape index (κ3) is 5.02. The van der Waals surface area contributed by atoms with Gasteiger partial charge in [0, 0.05) is 30.7 Å². The third-order valence-corrected chi connectivity index (χ3v) is 4.15. The zero-order valence-electron chi connectivity index (χ0n) is 13.4. The van der Waals surface area contributed by atoms with Gasteiger partial charge in [-0.1, -0.05) is 11.6 Å². The van der Waals surface area contributed by atoms with Crippen molar-refractivity contribution in [1.82, 2.24) is 10.2 Å². The summed E-state index contributed by atoms with van der Waals surface area (Å²) in [7, 11) is 3.24. The SMILES string of the molecule is COc1cc(Cl)c(CNCCCN2CCOCC2)cc1OC. The molecular formula is C16H25ClN2O3. The first kappa shape index (κ1) is 17.3. The standard InChI is InChI=1S/C16H25ClN2O3/c1-20-15-10-13(14(17)11-16(15)21-2)12-18-4-3-5-19-6-8-22-9-7-19/h10-11,18H,3-9,12H2,1-2H3. The number of methoxy groups -OCH3 is 2. The molecule has 1 saturated heterocycles. The van der Waals surface area contributed by atoms with Crippen molar-refractivity contribution in [2.24, 2.45) is 0 Å². The molecule has 6 heteroatoms. The number of benzene rings is 1. The fraction of sp³-hybridized carbons (Fsp3) is 0.625. The van der Waals surface area contributed by atoms with Crippen LogP contribution in [0, 0.1) is 0 Å². The molecule has 22 heavy (non-hydrogen) atoms. The number of nitrogens with zero attached hydrogens (tertiary/aromatic N) is 1. The second-order valence-corrected chi connectivity index (χ2v) is 5.69. The van der Waals surface area contributed by atoms with Crippen LogP contribution in [0.1, 0.15) is 12.0 Å². The Balaban J connectivity index is 1.74. The van der Waals surface area contributed by atoms with Gasteiger partial charge in [0.2, 0.25) is 0 Å². The number of ether oxygens (including phenoxy) is 3. The summed E-state index contributed by atoms with van der Waals surface area (Å²) in [4.78, 5) is 2.44. The topological polar surface area (TPSA) is 43.0 Å². The van der Waals surface area contributed by atoms with Crippen molar-refractivity contribution in [3.8, 4) is 11.5 Å². The van der Waals surface area contributed by atoms with Gasteiger partial charge in [-0.15, -0.1) is 0 Å². The van der Waals surface area contributed by atoms with Crippen LogP contribution in [0.5, 0.6) is 11.5 Å². The van der Waals surface area contributed by atoms with E-state index in [1.807, 2.05) is 6.07 Å². The van der Waals surface area contributed by atoms with Crippen molar-refractivity contribution in [3.63, 3.8) is 0 Å². The molecule has 0 amide bonds. The van der Waals surface area contributed by atoms with Gasteiger partial charge < -0.3 is 19.5 Å². The Bertz CT molecular complexity index is 465. The Morgan fingerprint density at radius 1 is 1.18 bits per heavy atom. The van der Waals surface area contributed by atoms with Crippen LogP contribution in [-0.2, 0) is 11.3 Å². The van der Waals surface area contributed by atoms with Crippen molar-refractivity contribution >= 4 is 11.6 Å². The van der Waals surface area contributed by atoms with Gasteiger partial charge in [-0.05, 0) is 31.1 Å². The summed E-state index contributed by atoms with van der Waals surface area (Å²) < 4.78 is 15.9. The van der Waals surface area contributed by atoms with Crippen molar-refractivity contribution in [3.05, 3.63) is 22.7 Å². The Labute approximate surface area is 137 Å². The molecule has 1 heterocycles. The summed E-state index contributed by atoms with van der Waals surface area (Å²) in [5.74, 6) is 1.36. The molecule has 0 atom stereocenters. The van der Waals surface area contributed by atoms with Crippen molar-refractivity contribution < 1.29 is 14.2 Å². The fourth-order valence-electron chi connectivity index (χ4n) is 2.51. The molecule has 0 radical (unpaired) electrons. The molecule has 0 bridgehead atoms. The molecule has 124 valence electrons. The minimum atomic E-state index is 0.656. The molecule has 0 aromatic heterocycles. The fourth-order valence-corrected chi connectivity index (χ4v) is 2.73. The van der Waals surface area contributed by atoms with E-state index in [2.05, 4.69) is 10.2 Å². The molecule has 1 fully saturated rings. The largest absolute Gasteiger partial charge is 0.493 e. The van der Waals surface area contributed by atoms with E-state index in [0.717, 1.165) is 57.9 Å². The van der Waals surface area contributed by atoms with Gasteiger partial charge in [0.25, 0.3) is 0 Å².